The molecule has 0 aromatic carbocycles. The third-order valence-electron chi connectivity index (χ3n) is 2.86. The average Bonchev–Trinajstić information content (AvgIpc) is 2.23. The van der Waals surface area contributed by atoms with Gasteiger partial charge in [-0.25, -0.2) is 0 Å². The minimum atomic E-state index is -0.523. The fourth-order valence-corrected chi connectivity index (χ4v) is 3.65. The van der Waals surface area contributed by atoms with Crippen molar-refractivity contribution in [3.8, 4) is 0 Å². The van der Waals surface area contributed by atoms with Gasteiger partial charge in [-0.2, -0.15) is 0 Å². The fourth-order valence-electron chi connectivity index (χ4n) is 1.95. The van der Waals surface area contributed by atoms with Crippen LogP contribution in [0.5, 0.6) is 0 Å². The molecule has 3 nitrogen and oxygen atoms in total. The molecule has 5 heteroatoms. The summed E-state index contributed by atoms with van der Waals surface area (Å²) in [6, 6.07) is 0. The van der Waals surface area contributed by atoms with Crippen molar-refractivity contribution in [2.24, 2.45) is 5.92 Å². The maximum atomic E-state index is 11.9. The Labute approximate surface area is 100.0 Å². The summed E-state index contributed by atoms with van der Waals surface area (Å²) in [5.74, 6) is -0.101. The van der Waals surface area contributed by atoms with Crippen molar-refractivity contribution in [3.63, 3.8) is 0 Å². The second-order valence-corrected chi connectivity index (χ2v) is 6.10. The molecule has 1 fully saturated rings. The van der Waals surface area contributed by atoms with Gasteiger partial charge in [-0.1, -0.05) is 0 Å². The molecule has 1 rings (SSSR count). The molecule has 1 heterocycles. The summed E-state index contributed by atoms with van der Waals surface area (Å²) in [4.78, 5) is 13.6. The molecule has 88 valence electrons. The zero-order valence-corrected chi connectivity index (χ0v) is 11.1. The SMILES string of the molecule is CSC(SC)[C@@H](O)[C@@H]1CCCN(C)C1=O. The summed E-state index contributed by atoms with van der Waals surface area (Å²) in [6.07, 6.45) is 5.25. The van der Waals surface area contributed by atoms with Crippen LogP contribution in [0.1, 0.15) is 12.8 Å². The number of amides is 1. The first kappa shape index (κ1) is 13.2. The molecule has 0 aromatic heterocycles. The van der Waals surface area contributed by atoms with Crippen LogP contribution < -0.4 is 0 Å². The molecule has 15 heavy (non-hydrogen) atoms. The van der Waals surface area contributed by atoms with Crippen LogP contribution >= 0.6 is 23.5 Å². The predicted octanol–water partition coefficient (Wildman–Crippen LogP) is 1.27. The first-order valence-electron chi connectivity index (χ1n) is 5.10. The van der Waals surface area contributed by atoms with Crippen LogP contribution in [-0.2, 0) is 4.79 Å². The Kier molecular flexibility index (Phi) is 5.29. The minimum Gasteiger partial charge on any atom is -0.390 e. The summed E-state index contributed by atoms with van der Waals surface area (Å²) >= 11 is 3.23. The lowest BCUT2D eigenvalue weighted by molar-refractivity contribution is -0.140. The van der Waals surface area contributed by atoms with Crippen LogP contribution in [0.3, 0.4) is 0 Å². The van der Waals surface area contributed by atoms with Gasteiger partial charge in [0.1, 0.15) is 0 Å². The lowest BCUT2D eigenvalue weighted by atomic mass is 9.92. The zero-order valence-electron chi connectivity index (χ0n) is 9.47. The Bertz CT molecular complexity index is 221. The molecule has 1 saturated heterocycles. The van der Waals surface area contributed by atoms with Crippen molar-refractivity contribution in [2.45, 2.75) is 23.5 Å². The number of hydrogen-bond donors (Lipinski definition) is 1. The third kappa shape index (κ3) is 3.04. The highest BCUT2D eigenvalue weighted by Gasteiger charge is 2.35. The van der Waals surface area contributed by atoms with Crippen LogP contribution in [0.4, 0.5) is 0 Å². The summed E-state index contributed by atoms with van der Waals surface area (Å²) in [7, 11) is 1.81. The third-order valence-corrected chi connectivity index (χ3v) is 5.50. The van der Waals surface area contributed by atoms with E-state index in [2.05, 4.69) is 0 Å². The van der Waals surface area contributed by atoms with Crippen LogP contribution in [0.2, 0.25) is 0 Å². The molecule has 0 bridgehead atoms. The van der Waals surface area contributed by atoms with E-state index < -0.39 is 6.10 Å². The van der Waals surface area contributed by atoms with Gasteiger partial charge in [-0.15, -0.1) is 23.5 Å². The lowest BCUT2D eigenvalue weighted by Gasteiger charge is -2.34. The van der Waals surface area contributed by atoms with E-state index in [0.29, 0.717) is 0 Å². The molecule has 0 unspecified atom stereocenters. The molecule has 0 aromatic rings. The number of aliphatic hydroxyl groups excluding tert-OH is 1. The van der Waals surface area contributed by atoms with Crippen LogP contribution in [0.15, 0.2) is 0 Å². The highest BCUT2D eigenvalue weighted by atomic mass is 32.2. The lowest BCUT2D eigenvalue weighted by Crippen LogP contribution is -2.45. The molecule has 0 radical (unpaired) electrons. The predicted molar refractivity (Wildman–Crippen MR) is 67.2 cm³/mol. The maximum absolute atomic E-state index is 11.9. The zero-order chi connectivity index (χ0) is 11.4. The van der Waals surface area contributed by atoms with Gasteiger partial charge >= 0.3 is 0 Å². The van der Waals surface area contributed by atoms with Gasteiger partial charge in [0.25, 0.3) is 0 Å². The monoisotopic (exact) mass is 249 g/mol. The highest BCUT2D eigenvalue weighted by Crippen LogP contribution is 2.31. The summed E-state index contributed by atoms with van der Waals surface area (Å²) in [5, 5.41) is 10.1. The molecule has 1 N–H and O–H groups in total. The first-order valence-corrected chi connectivity index (χ1v) is 7.68. The van der Waals surface area contributed by atoms with Gasteiger partial charge < -0.3 is 10.0 Å². The molecule has 0 aliphatic carbocycles. The van der Waals surface area contributed by atoms with Gasteiger partial charge in [0.15, 0.2) is 0 Å². The smallest absolute Gasteiger partial charge is 0.228 e. The van der Waals surface area contributed by atoms with E-state index in [-0.39, 0.29) is 16.4 Å². The van der Waals surface area contributed by atoms with Gasteiger partial charge in [-0.3, -0.25) is 4.79 Å². The molecule has 1 amide bonds. The summed E-state index contributed by atoms with van der Waals surface area (Å²) in [6.45, 7) is 0.825. The summed E-state index contributed by atoms with van der Waals surface area (Å²) in [5.41, 5.74) is 0. The molecule has 1 aliphatic rings. The van der Waals surface area contributed by atoms with Gasteiger partial charge in [0.05, 0.1) is 16.6 Å². The van der Waals surface area contributed by atoms with E-state index in [9.17, 15) is 9.90 Å². The van der Waals surface area contributed by atoms with E-state index in [0.717, 1.165) is 19.4 Å². The Morgan fingerprint density at radius 3 is 2.60 bits per heavy atom. The van der Waals surface area contributed by atoms with Crippen LogP contribution in [-0.4, -0.2) is 52.7 Å². The number of piperidine rings is 1. The van der Waals surface area contributed by atoms with Crippen molar-refractivity contribution in [3.05, 3.63) is 0 Å². The standard InChI is InChI=1S/C10H19NO2S2/c1-11-6-4-5-7(9(11)13)8(12)10(14-2)15-3/h7-8,10,12H,4-6H2,1-3H3/t7-,8-/m0/s1. The van der Waals surface area contributed by atoms with Gasteiger partial charge in [0, 0.05) is 13.6 Å². The quantitative estimate of drug-likeness (QED) is 0.762. The van der Waals surface area contributed by atoms with Crippen LogP contribution in [0, 0.1) is 5.92 Å². The molecule has 1 aliphatic heterocycles. The molecular formula is C10H19NO2S2. The number of hydrogen-bond acceptors (Lipinski definition) is 4. The van der Waals surface area contributed by atoms with Crippen molar-refractivity contribution in [1.82, 2.24) is 4.90 Å². The number of likely N-dealkylation sites (tertiary alicyclic amines) is 1. The van der Waals surface area contributed by atoms with E-state index in [4.69, 9.17) is 0 Å². The minimum absolute atomic E-state index is 0.0989. The number of carbonyl (C=O) groups is 1. The summed E-state index contributed by atoms with van der Waals surface area (Å²) < 4.78 is 0.102. The van der Waals surface area contributed by atoms with Gasteiger partial charge in [0.2, 0.25) is 5.91 Å². The maximum Gasteiger partial charge on any atom is 0.228 e. The van der Waals surface area contributed by atoms with Crippen molar-refractivity contribution in [2.75, 3.05) is 26.1 Å². The Balaban J connectivity index is 2.64. The Morgan fingerprint density at radius 1 is 1.47 bits per heavy atom. The second kappa shape index (κ2) is 6.01. The first-order chi connectivity index (χ1) is 7.11. The molecule has 0 spiro atoms. The average molecular weight is 249 g/mol. The number of aliphatic hydroxyl groups is 1. The Hall–Kier alpha value is 0.130. The van der Waals surface area contributed by atoms with Gasteiger partial charge in [-0.05, 0) is 25.4 Å². The van der Waals surface area contributed by atoms with E-state index in [1.54, 1.807) is 28.4 Å². The van der Waals surface area contributed by atoms with Crippen LogP contribution in [0.25, 0.3) is 0 Å². The topological polar surface area (TPSA) is 40.5 Å². The number of thioether (sulfide) groups is 2. The highest BCUT2D eigenvalue weighted by molar-refractivity contribution is 8.16. The fraction of sp³-hybridized carbons (Fsp3) is 0.900. The molecular weight excluding hydrogens is 230 g/mol. The molecule has 0 saturated carbocycles. The number of rotatable bonds is 4. The van der Waals surface area contributed by atoms with E-state index in [1.165, 1.54) is 0 Å². The number of nitrogens with zero attached hydrogens (tertiary/aromatic N) is 1. The normalized spacial score (nSPS) is 24.7. The Morgan fingerprint density at radius 2 is 2.07 bits per heavy atom. The largest absolute Gasteiger partial charge is 0.390 e. The van der Waals surface area contributed by atoms with Crippen molar-refractivity contribution in [1.29, 1.82) is 0 Å². The molecule has 2 atom stereocenters. The van der Waals surface area contributed by atoms with Crippen molar-refractivity contribution < 1.29 is 9.90 Å². The van der Waals surface area contributed by atoms with Crippen molar-refractivity contribution >= 4 is 29.4 Å². The van der Waals surface area contributed by atoms with E-state index in [1.807, 2.05) is 19.6 Å². The van der Waals surface area contributed by atoms with E-state index >= 15 is 0 Å². The number of carbonyl (C=O) groups excluding carboxylic acids is 1. The second-order valence-electron chi connectivity index (χ2n) is 3.84.